The Balaban J connectivity index is 4.06. The van der Waals surface area contributed by atoms with Crippen LogP contribution in [0.15, 0.2) is 0 Å². The highest BCUT2D eigenvalue weighted by Gasteiger charge is 2.13. The van der Waals surface area contributed by atoms with E-state index in [1.54, 1.807) is 0 Å². The van der Waals surface area contributed by atoms with Crippen molar-refractivity contribution in [3.63, 3.8) is 0 Å². The topological polar surface area (TPSA) is 29.3 Å². The average molecular weight is 242 g/mol. The quantitative estimate of drug-likeness (QED) is 0.601. The number of hydrogen-bond donors (Lipinski definition) is 1. The summed E-state index contributed by atoms with van der Waals surface area (Å²) in [5, 5.41) is 0. The summed E-state index contributed by atoms with van der Waals surface area (Å²) < 4.78 is 0. The van der Waals surface area contributed by atoms with Crippen molar-refractivity contribution in [1.29, 1.82) is 0 Å². The van der Waals surface area contributed by atoms with E-state index in [0.717, 1.165) is 24.8 Å². The Kier molecular flexibility index (Phi) is 11.0. The molecule has 0 radical (unpaired) electrons. The van der Waals surface area contributed by atoms with E-state index in [1.165, 1.54) is 45.3 Å². The molecule has 2 nitrogen and oxygen atoms in total. The predicted molar refractivity (Wildman–Crippen MR) is 78.3 cm³/mol. The molecular weight excluding hydrogens is 208 g/mol. The van der Waals surface area contributed by atoms with Crippen LogP contribution in [0.25, 0.3) is 0 Å². The van der Waals surface area contributed by atoms with Gasteiger partial charge in [0.1, 0.15) is 0 Å². The lowest BCUT2D eigenvalue weighted by molar-refractivity contribution is 0.197. The molecule has 1 unspecified atom stereocenters. The molecular formula is C15H34N2. The zero-order chi connectivity index (χ0) is 13.1. The lowest BCUT2D eigenvalue weighted by Gasteiger charge is -2.28. The van der Waals surface area contributed by atoms with E-state index >= 15 is 0 Å². The SMILES string of the molecule is CCCCC(CC)CN(CCCN)CC(C)C. The van der Waals surface area contributed by atoms with Gasteiger partial charge < -0.3 is 10.6 Å². The minimum atomic E-state index is 0.761. The van der Waals surface area contributed by atoms with Gasteiger partial charge in [-0.1, -0.05) is 47.0 Å². The first kappa shape index (κ1) is 16.9. The van der Waals surface area contributed by atoms with Gasteiger partial charge in [0, 0.05) is 13.1 Å². The third-order valence-corrected chi connectivity index (χ3v) is 3.36. The molecule has 2 N–H and O–H groups in total. The molecule has 2 heteroatoms. The lowest BCUT2D eigenvalue weighted by atomic mass is 9.98. The highest BCUT2D eigenvalue weighted by Crippen LogP contribution is 2.15. The van der Waals surface area contributed by atoms with E-state index in [-0.39, 0.29) is 0 Å². The van der Waals surface area contributed by atoms with Crippen molar-refractivity contribution in [2.24, 2.45) is 17.6 Å². The monoisotopic (exact) mass is 242 g/mol. The van der Waals surface area contributed by atoms with E-state index in [1.807, 2.05) is 0 Å². The average Bonchev–Trinajstić information content (AvgIpc) is 2.30. The fourth-order valence-corrected chi connectivity index (χ4v) is 2.37. The Labute approximate surface area is 109 Å². The third kappa shape index (κ3) is 9.61. The normalized spacial score (nSPS) is 13.6. The van der Waals surface area contributed by atoms with Crippen molar-refractivity contribution >= 4 is 0 Å². The van der Waals surface area contributed by atoms with E-state index in [2.05, 4.69) is 32.6 Å². The Morgan fingerprint density at radius 3 is 2.24 bits per heavy atom. The Morgan fingerprint density at radius 1 is 1.06 bits per heavy atom. The van der Waals surface area contributed by atoms with Crippen LogP contribution in [0, 0.1) is 11.8 Å². The molecule has 1 atom stereocenters. The van der Waals surface area contributed by atoms with E-state index < -0.39 is 0 Å². The van der Waals surface area contributed by atoms with Crippen molar-refractivity contribution in [3.05, 3.63) is 0 Å². The van der Waals surface area contributed by atoms with Crippen molar-refractivity contribution in [2.45, 2.75) is 59.8 Å². The van der Waals surface area contributed by atoms with Crippen LogP contribution in [0.3, 0.4) is 0 Å². The molecule has 104 valence electrons. The van der Waals surface area contributed by atoms with Gasteiger partial charge in [-0.3, -0.25) is 0 Å². The highest BCUT2D eigenvalue weighted by molar-refractivity contribution is 4.67. The maximum atomic E-state index is 5.62. The summed E-state index contributed by atoms with van der Waals surface area (Å²) in [6.07, 6.45) is 6.55. The zero-order valence-electron chi connectivity index (χ0n) is 12.5. The second-order valence-electron chi connectivity index (χ2n) is 5.71. The van der Waals surface area contributed by atoms with Gasteiger partial charge in [-0.05, 0) is 37.8 Å². The maximum Gasteiger partial charge on any atom is 0.000968 e. The third-order valence-electron chi connectivity index (χ3n) is 3.36. The van der Waals surface area contributed by atoms with Crippen molar-refractivity contribution in [1.82, 2.24) is 4.90 Å². The largest absolute Gasteiger partial charge is 0.330 e. The summed E-state index contributed by atoms with van der Waals surface area (Å²) in [7, 11) is 0. The number of unbranched alkanes of at least 4 members (excludes halogenated alkanes) is 1. The molecule has 0 aromatic heterocycles. The zero-order valence-corrected chi connectivity index (χ0v) is 12.5. The van der Waals surface area contributed by atoms with Gasteiger partial charge >= 0.3 is 0 Å². The molecule has 0 aromatic rings. The summed E-state index contributed by atoms with van der Waals surface area (Å²) in [6.45, 7) is 13.7. The standard InChI is InChI=1S/C15H34N2/c1-5-7-9-15(6-2)13-17(11-8-10-16)12-14(3)4/h14-15H,5-13,16H2,1-4H3. The minimum absolute atomic E-state index is 0.761. The molecule has 0 aromatic carbocycles. The van der Waals surface area contributed by atoms with E-state index in [0.29, 0.717) is 0 Å². The predicted octanol–water partition coefficient (Wildman–Crippen LogP) is 3.51. The summed E-state index contributed by atoms with van der Waals surface area (Å²) in [6, 6.07) is 0. The van der Waals surface area contributed by atoms with Gasteiger partial charge in [-0.2, -0.15) is 0 Å². The number of nitrogens with zero attached hydrogens (tertiary/aromatic N) is 1. The first-order valence-corrected chi connectivity index (χ1v) is 7.56. The molecule has 0 amide bonds. The van der Waals surface area contributed by atoms with Crippen LogP contribution in [0.2, 0.25) is 0 Å². The molecule has 0 saturated carbocycles. The Bertz CT molecular complexity index is 157. The van der Waals surface area contributed by atoms with Crippen LogP contribution in [-0.2, 0) is 0 Å². The maximum absolute atomic E-state index is 5.62. The summed E-state index contributed by atoms with van der Waals surface area (Å²) >= 11 is 0. The summed E-state index contributed by atoms with van der Waals surface area (Å²) in [5.74, 6) is 1.64. The molecule has 0 heterocycles. The first-order chi connectivity index (χ1) is 8.13. The van der Waals surface area contributed by atoms with Crippen LogP contribution >= 0.6 is 0 Å². The molecule has 0 fully saturated rings. The molecule has 17 heavy (non-hydrogen) atoms. The Hall–Kier alpha value is -0.0800. The first-order valence-electron chi connectivity index (χ1n) is 7.56. The minimum Gasteiger partial charge on any atom is -0.330 e. The van der Waals surface area contributed by atoms with Crippen molar-refractivity contribution in [2.75, 3.05) is 26.2 Å². The van der Waals surface area contributed by atoms with Gasteiger partial charge in [0.2, 0.25) is 0 Å². The van der Waals surface area contributed by atoms with Gasteiger partial charge in [0.25, 0.3) is 0 Å². The fraction of sp³-hybridized carbons (Fsp3) is 1.00. The Morgan fingerprint density at radius 2 is 1.76 bits per heavy atom. The van der Waals surface area contributed by atoms with Gasteiger partial charge in [0.05, 0.1) is 0 Å². The summed E-state index contributed by atoms with van der Waals surface area (Å²) in [5.41, 5.74) is 5.62. The van der Waals surface area contributed by atoms with Crippen LogP contribution in [0.1, 0.15) is 59.8 Å². The molecule has 0 bridgehead atoms. The van der Waals surface area contributed by atoms with Gasteiger partial charge in [-0.25, -0.2) is 0 Å². The fourth-order valence-electron chi connectivity index (χ4n) is 2.37. The van der Waals surface area contributed by atoms with Crippen LogP contribution < -0.4 is 5.73 Å². The van der Waals surface area contributed by atoms with Crippen molar-refractivity contribution in [3.8, 4) is 0 Å². The van der Waals surface area contributed by atoms with Gasteiger partial charge in [0.15, 0.2) is 0 Å². The molecule has 0 aliphatic rings. The summed E-state index contributed by atoms with van der Waals surface area (Å²) in [4.78, 5) is 2.63. The molecule has 0 spiro atoms. The van der Waals surface area contributed by atoms with Crippen LogP contribution in [0.5, 0.6) is 0 Å². The molecule has 0 rings (SSSR count). The van der Waals surface area contributed by atoms with Gasteiger partial charge in [-0.15, -0.1) is 0 Å². The lowest BCUT2D eigenvalue weighted by Crippen LogP contribution is -2.34. The highest BCUT2D eigenvalue weighted by atomic mass is 15.1. The van der Waals surface area contributed by atoms with E-state index in [9.17, 15) is 0 Å². The number of nitrogens with two attached hydrogens (primary N) is 1. The second-order valence-corrected chi connectivity index (χ2v) is 5.71. The molecule has 0 saturated heterocycles. The number of hydrogen-bond acceptors (Lipinski definition) is 2. The second kappa shape index (κ2) is 11.0. The molecule has 0 aliphatic heterocycles. The number of rotatable bonds is 11. The smallest absolute Gasteiger partial charge is 0.000968 e. The van der Waals surface area contributed by atoms with Crippen LogP contribution in [-0.4, -0.2) is 31.1 Å². The van der Waals surface area contributed by atoms with Crippen molar-refractivity contribution < 1.29 is 0 Å². The van der Waals surface area contributed by atoms with Crippen LogP contribution in [0.4, 0.5) is 0 Å². The van der Waals surface area contributed by atoms with E-state index in [4.69, 9.17) is 5.73 Å². The molecule has 0 aliphatic carbocycles.